The molecule has 1 aromatic heterocycles. The summed E-state index contributed by atoms with van der Waals surface area (Å²) in [6.45, 7) is 1.84. The van der Waals surface area contributed by atoms with Gasteiger partial charge in [0.05, 0.1) is 17.7 Å². The Bertz CT molecular complexity index is 510. The molecule has 0 amide bonds. The lowest BCUT2D eigenvalue weighted by Gasteiger charge is -2.43. The Hall–Kier alpha value is -1.60. The first kappa shape index (κ1) is 12.4. The molecule has 1 spiro atoms. The zero-order valence-electron chi connectivity index (χ0n) is 11.0. The number of hydrogen-bond acceptors (Lipinski definition) is 4. The Morgan fingerprint density at radius 2 is 2.26 bits per heavy atom. The third-order valence-electron chi connectivity index (χ3n) is 4.67. The van der Waals surface area contributed by atoms with E-state index in [1.807, 2.05) is 6.07 Å². The third kappa shape index (κ3) is 2.19. The molecular weight excluding hydrogens is 238 g/mol. The van der Waals surface area contributed by atoms with Gasteiger partial charge in [-0.1, -0.05) is 6.42 Å². The summed E-state index contributed by atoms with van der Waals surface area (Å²) < 4.78 is 0. The standard InChI is InChI=1S/C15H19N3O/c16-10-12-4-7-17-14(9-12)18-8-2-6-15(11-18)5-1-3-13(15)19/h4,7,9,13,19H,1-3,5-6,8,11H2/t13-,15+/m1/s1. The number of aliphatic hydroxyl groups excluding tert-OH is 1. The van der Waals surface area contributed by atoms with E-state index >= 15 is 0 Å². The van der Waals surface area contributed by atoms with E-state index in [2.05, 4.69) is 16.0 Å². The molecule has 0 unspecified atom stereocenters. The van der Waals surface area contributed by atoms with Crippen LogP contribution in [-0.4, -0.2) is 29.3 Å². The number of hydrogen-bond donors (Lipinski definition) is 1. The second-order valence-corrected chi connectivity index (χ2v) is 5.81. The van der Waals surface area contributed by atoms with Gasteiger partial charge in [-0.05, 0) is 37.8 Å². The normalized spacial score (nSPS) is 30.5. The highest BCUT2D eigenvalue weighted by atomic mass is 16.3. The first-order valence-electron chi connectivity index (χ1n) is 7.03. The SMILES string of the molecule is N#Cc1ccnc(N2CCC[C@@]3(CCC[C@H]3O)C2)c1. The van der Waals surface area contributed by atoms with Crippen LogP contribution < -0.4 is 4.90 Å². The lowest BCUT2D eigenvalue weighted by molar-refractivity contribution is 0.0408. The number of rotatable bonds is 1. The van der Waals surface area contributed by atoms with E-state index < -0.39 is 0 Å². The predicted octanol–water partition coefficient (Wildman–Crippen LogP) is 2.08. The topological polar surface area (TPSA) is 60.2 Å². The number of aromatic nitrogens is 1. The average molecular weight is 257 g/mol. The molecule has 1 saturated heterocycles. The first-order valence-corrected chi connectivity index (χ1v) is 7.03. The second-order valence-electron chi connectivity index (χ2n) is 5.81. The van der Waals surface area contributed by atoms with Crippen LogP contribution in [0.25, 0.3) is 0 Å². The summed E-state index contributed by atoms with van der Waals surface area (Å²) in [6, 6.07) is 5.74. The van der Waals surface area contributed by atoms with Crippen molar-refractivity contribution in [2.75, 3.05) is 18.0 Å². The van der Waals surface area contributed by atoms with E-state index in [9.17, 15) is 5.11 Å². The van der Waals surface area contributed by atoms with Crippen molar-refractivity contribution in [3.8, 4) is 6.07 Å². The van der Waals surface area contributed by atoms with Gasteiger partial charge >= 0.3 is 0 Å². The summed E-state index contributed by atoms with van der Waals surface area (Å²) in [5.74, 6) is 0.872. The van der Waals surface area contributed by atoms with Crippen molar-refractivity contribution in [1.82, 2.24) is 4.98 Å². The maximum absolute atomic E-state index is 10.3. The maximum Gasteiger partial charge on any atom is 0.129 e. The van der Waals surface area contributed by atoms with Crippen LogP contribution in [0.15, 0.2) is 18.3 Å². The lowest BCUT2D eigenvalue weighted by atomic mass is 9.76. The molecule has 1 aliphatic heterocycles. The van der Waals surface area contributed by atoms with Crippen LogP contribution in [0.4, 0.5) is 5.82 Å². The van der Waals surface area contributed by atoms with Gasteiger partial charge in [0.25, 0.3) is 0 Å². The number of anilines is 1. The lowest BCUT2D eigenvalue weighted by Crippen LogP contribution is -2.47. The Morgan fingerprint density at radius 3 is 3.00 bits per heavy atom. The van der Waals surface area contributed by atoms with Crippen molar-refractivity contribution in [3.63, 3.8) is 0 Å². The summed E-state index contributed by atoms with van der Waals surface area (Å²) in [5.41, 5.74) is 0.708. The molecule has 2 fully saturated rings. The predicted molar refractivity (Wildman–Crippen MR) is 72.7 cm³/mol. The van der Waals surface area contributed by atoms with Crippen LogP contribution in [0.5, 0.6) is 0 Å². The van der Waals surface area contributed by atoms with Crippen LogP contribution in [0.2, 0.25) is 0 Å². The van der Waals surface area contributed by atoms with Crippen molar-refractivity contribution in [3.05, 3.63) is 23.9 Å². The number of nitrogens with zero attached hydrogens (tertiary/aromatic N) is 3. The van der Waals surface area contributed by atoms with Gasteiger partial charge in [0.1, 0.15) is 5.82 Å². The van der Waals surface area contributed by atoms with Gasteiger partial charge in [-0.15, -0.1) is 0 Å². The molecule has 19 heavy (non-hydrogen) atoms. The second kappa shape index (κ2) is 4.82. The van der Waals surface area contributed by atoms with Crippen LogP contribution in [0.3, 0.4) is 0 Å². The van der Waals surface area contributed by atoms with E-state index in [-0.39, 0.29) is 11.5 Å². The largest absolute Gasteiger partial charge is 0.392 e. The molecule has 2 aliphatic rings. The van der Waals surface area contributed by atoms with Crippen LogP contribution in [0.1, 0.15) is 37.7 Å². The van der Waals surface area contributed by atoms with Gasteiger partial charge in [0.2, 0.25) is 0 Å². The number of aliphatic hydroxyl groups is 1. The number of piperidine rings is 1. The monoisotopic (exact) mass is 257 g/mol. The van der Waals surface area contributed by atoms with Gasteiger partial charge in [-0.3, -0.25) is 0 Å². The van der Waals surface area contributed by atoms with Crippen molar-refractivity contribution < 1.29 is 5.11 Å². The van der Waals surface area contributed by atoms with Gasteiger partial charge in [-0.25, -0.2) is 4.98 Å². The smallest absolute Gasteiger partial charge is 0.129 e. The molecule has 0 radical (unpaired) electrons. The Labute approximate surface area is 113 Å². The maximum atomic E-state index is 10.3. The zero-order chi connectivity index (χ0) is 13.3. The minimum absolute atomic E-state index is 0.0581. The summed E-state index contributed by atoms with van der Waals surface area (Å²) in [5, 5.41) is 19.2. The fraction of sp³-hybridized carbons (Fsp3) is 0.600. The fourth-order valence-electron chi connectivity index (χ4n) is 3.61. The van der Waals surface area contributed by atoms with E-state index in [0.29, 0.717) is 5.56 Å². The molecule has 0 aromatic carbocycles. The summed E-state index contributed by atoms with van der Waals surface area (Å²) in [7, 11) is 0. The molecule has 1 aliphatic carbocycles. The minimum Gasteiger partial charge on any atom is -0.392 e. The van der Waals surface area contributed by atoms with Crippen molar-refractivity contribution in [2.24, 2.45) is 5.41 Å². The molecule has 0 bridgehead atoms. The molecule has 100 valence electrons. The van der Waals surface area contributed by atoms with Crippen LogP contribution in [-0.2, 0) is 0 Å². The van der Waals surface area contributed by atoms with Gasteiger partial charge < -0.3 is 10.0 Å². The number of pyridine rings is 1. The van der Waals surface area contributed by atoms with Crippen molar-refractivity contribution >= 4 is 5.82 Å². The fourth-order valence-corrected chi connectivity index (χ4v) is 3.61. The number of nitriles is 1. The molecule has 3 rings (SSSR count). The first-order chi connectivity index (χ1) is 9.23. The quantitative estimate of drug-likeness (QED) is 0.836. The molecule has 1 saturated carbocycles. The molecule has 2 atom stereocenters. The van der Waals surface area contributed by atoms with Crippen molar-refractivity contribution in [1.29, 1.82) is 5.26 Å². The molecule has 1 N–H and O–H groups in total. The zero-order valence-corrected chi connectivity index (χ0v) is 11.0. The van der Waals surface area contributed by atoms with E-state index in [4.69, 9.17) is 5.26 Å². The molecule has 4 nitrogen and oxygen atoms in total. The molecule has 2 heterocycles. The molecular formula is C15H19N3O. The minimum atomic E-state index is -0.172. The molecule has 4 heteroatoms. The Morgan fingerprint density at radius 1 is 1.42 bits per heavy atom. The summed E-state index contributed by atoms with van der Waals surface area (Å²) >= 11 is 0. The molecule has 1 aromatic rings. The Balaban J connectivity index is 1.83. The summed E-state index contributed by atoms with van der Waals surface area (Å²) in [4.78, 5) is 6.62. The van der Waals surface area contributed by atoms with E-state index in [0.717, 1.165) is 51.0 Å². The van der Waals surface area contributed by atoms with Gasteiger partial charge in [0.15, 0.2) is 0 Å². The highest BCUT2D eigenvalue weighted by molar-refractivity contribution is 5.45. The van der Waals surface area contributed by atoms with E-state index in [1.54, 1.807) is 12.3 Å². The van der Waals surface area contributed by atoms with Crippen molar-refractivity contribution in [2.45, 2.75) is 38.2 Å². The van der Waals surface area contributed by atoms with Crippen LogP contribution in [0, 0.1) is 16.7 Å². The highest BCUT2D eigenvalue weighted by Crippen LogP contribution is 2.45. The highest BCUT2D eigenvalue weighted by Gasteiger charge is 2.44. The Kier molecular flexibility index (Phi) is 3.16. The average Bonchev–Trinajstić information content (AvgIpc) is 2.80. The third-order valence-corrected chi connectivity index (χ3v) is 4.67. The van der Waals surface area contributed by atoms with Crippen LogP contribution >= 0.6 is 0 Å². The van der Waals surface area contributed by atoms with Gasteiger partial charge in [-0.2, -0.15) is 5.26 Å². The van der Waals surface area contributed by atoms with Gasteiger partial charge in [0, 0.05) is 24.7 Å². The summed E-state index contributed by atoms with van der Waals surface area (Å²) in [6.07, 6.45) is 6.90. The van der Waals surface area contributed by atoms with E-state index in [1.165, 1.54) is 0 Å².